The lowest BCUT2D eigenvalue weighted by Crippen LogP contribution is -2.31. The van der Waals surface area contributed by atoms with Gasteiger partial charge < -0.3 is 18.9 Å². The number of esters is 1. The molecule has 220 valence electrons. The summed E-state index contributed by atoms with van der Waals surface area (Å²) in [6.45, 7) is 6.40. The van der Waals surface area contributed by atoms with Gasteiger partial charge in [0.25, 0.3) is 0 Å². The number of anilines is 1. The van der Waals surface area contributed by atoms with Gasteiger partial charge in [-0.2, -0.15) is 0 Å². The van der Waals surface area contributed by atoms with Gasteiger partial charge in [0.05, 0.1) is 12.8 Å². The van der Waals surface area contributed by atoms with E-state index in [1.807, 2.05) is 42.5 Å². The van der Waals surface area contributed by atoms with Crippen molar-refractivity contribution in [1.29, 1.82) is 0 Å². The molecule has 0 saturated heterocycles. The van der Waals surface area contributed by atoms with E-state index in [0.29, 0.717) is 17.0 Å². The first-order valence-electron chi connectivity index (χ1n) is 15.3. The molecule has 1 atom stereocenters. The van der Waals surface area contributed by atoms with Crippen molar-refractivity contribution in [3.63, 3.8) is 0 Å². The average Bonchev–Trinajstić information content (AvgIpc) is 3.52. The molecule has 5 aromatic rings. The largest absolute Gasteiger partial charge is 0.496 e. The van der Waals surface area contributed by atoms with Crippen molar-refractivity contribution in [2.45, 2.75) is 45.1 Å². The van der Waals surface area contributed by atoms with Crippen LogP contribution in [0.3, 0.4) is 0 Å². The van der Waals surface area contributed by atoms with Gasteiger partial charge in [-0.05, 0) is 42.7 Å². The Morgan fingerprint density at radius 3 is 2.33 bits per heavy atom. The van der Waals surface area contributed by atoms with Gasteiger partial charge in [-0.25, -0.2) is 9.78 Å². The normalized spacial score (nSPS) is 15.9. The Morgan fingerprint density at radius 2 is 1.60 bits per heavy atom. The molecule has 6 heteroatoms. The topological polar surface area (TPSA) is 56.6 Å². The van der Waals surface area contributed by atoms with Gasteiger partial charge in [0, 0.05) is 65.7 Å². The third-order valence-electron chi connectivity index (χ3n) is 8.63. The standard InChI is InChI=1S/C37H39N3O3/c1-5-7-23-40(24-8-6-2)27-20-21-29(32(25-27)42-4)37(30-18-14-22-38-34(30)36(41)43-37)33-28-17-12-13-19-31(28)39(3)35(33)26-15-10-9-11-16-26/h9-22,25H,5-8,23-24H2,1-4H3. The zero-order chi connectivity index (χ0) is 30.0. The van der Waals surface area contributed by atoms with Gasteiger partial charge in [0.1, 0.15) is 5.75 Å². The minimum Gasteiger partial charge on any atom is -0.496 e. The molecule has 1 aliphatic heterocycles. The molecule has 0 amide bonds. The lowest BCUT2D eigenvalue weighted by molar-refractivity contribution is 0.0248. The number of benzene rings is 3. The van der Waals surface area contributed by atoms with Crippen molar-refractivity contribution >= 4 is 22.6 Å². The van der Waals surface area contributed by atoms with Crippen LogP contribution in [0.1, 0.15) is 66.7 Å². The maximum Gasteiger partial charge on any atom is 0.358 e. The Balaban J connectivity index is 1.67. The van der Waals surface area contributed by atoms with E-state index in [-0.39, 0.29) is 0 Å². The number of pyridine rings is 1. The van der Waals surface area contributed by atoms with Crippen LogP contribution in [-0.4, -0.2) is 35.7 Å². The number of hydrogen-bond donors (Lipinski definition) is 0. The van der Waals surface area contributed by atoms with Crippen LogP contribution in [0.25, 0.3) is 22.2 Å². The smallest absolute Gasteiger partial charge is 0.358 e. The van der Waals surface area contributed by atoms with Gasteiger partial charge in [0.15, 0.2) is 11.3 Å². The predicted octanol–water partition coefficient (Wildman–Crippen LogP) is 8.12. The number of aromatic nitrogens is 2. The number of rotatable bonds is 11. The van der Waals surface area contributed by atoms with Crippen molar-refractivity contribution in [2.75, 3.05) is 25.1 Å². The maximum absolute atomic E-state index is 13.7. The SMILES string of the molecule is CCCCN(CCCC)c1ccc(C2(c3c(-c4ccccc4)n(C)c4ccccc34)OC(=O)c3ncccc32)c(OC)c1. The lowest BCUT2D eigenvalue weighted by atomic mass is 9.78. The third kappa shape index (κ3) is 4.75. The second kappa shape index (κ2) is 12.0. The number of carbonyl (C=O) groups excluding carboxylic acids is 1. The molecule has 0 aliphatic carbocycles. The van der Waals surface area contributed by atoms with Crippen molar-refractivity contribution < 1.29 is 14.3 Å². The van der Waals surface area contributed by atoms with E-state index in [1.165, 1.54) is 0 Å². The quantitative estimate of drug-likeness (QED) is 0.149. The second-order valence-electron chi connectivity index (χ2n) is 11.2. The van der Waals surface area contributed by atoms with Gasteiger partial charge in [-0.15, -0.1) is 0 Å². The fourth-order valence-electron chi connectivity index (χ4n) is 6.53. The minimum absolute atomic E-state index is 0.327. The lowest BCUT2D eigenvalue weighted by Gasteiger charge is -2.33. The molecule has 0 spiro atoms. The molecule has 0 radical (unpaired) electrons. The van der Waals surface area contributed by atoms with Gasteiger partial charge in [0.2, 0.25) is 0 Å². The zero-order valence-electron chi connectivity index (χ0n) is 25.5. The number of cyclic esters (lactones) is 1. The highest BCUT2D eigenvalue weighted by molar-refractivity contribution is 6.00. The summed E-state index contributed by atoms with van der Waals surface area (Å²) in [5.41, 5.74) is 5.60. The number of unbranched alkanes of at least 4 members (excludes halogenated alkanes) is 2. The Labute approximate surface area is 253 Å². The summed E-state index contributed by atoms with van der Waals surface area (Å²) in [6, 6.07) is 28.8. The van der Waals surface area contributed by atoms with E-state index in [0.717, 1.165) is 77.7 Å². The number of ether oxygens (including phenoxy) is 2. The molecule has 43 heavy (non-hydrogen) atoms. The van der Waals surface area contributed by atoms with Crippen molar-refractivity contribution in [3.8, 4) is 17.0 Å². The van der Waals surface area contributed by atoms with Crippen LogP contribution in [0.15, 0.2) is 91.1 Å². The molecule has 0 saturated carbocycles. The van der Waals surface area contributed by atoms with Crippen LogP contribution < -0.4 is 9.64 Å². The summed E-state index contributed by atoms with van der Waals surface area (Å²) in [5.74, 6) is 0.230. The predicted molar refractivity (Wildman–Crippen MR) is 173 cm³/mol. The monoisotopic (exact) mass is 573 g/mol. The third-order valence-corrected chi connectivity index (χ3v) is 8.63. The van der Waals surface area contributed by atoms with Crippen LogP contribution in [0.4, 0.5) is 5.69 Å². The number of para-hydroxylation sites is 1. The molecule has 3 aromatic carbocycles. The Hall–Kier alpha value is -4.58. The molecule has 6 rings (SSSR count). The summed E-state index contributed by atoms with van der Waals surface area (Å²) < 4.78 is 15.0. The molecule has 6 nitrogen and oxygen atoms in total. The van der Waals surface area contributed by atoms with E-state index < -0.39 is 11.6 Å². The number of nitrogens with zero attached hydrogens (tertiary/aromatic N) is 3. The fraction of sp³-hybridized carbons (Fsp3) is 0.297. The minimum atomic E-state index is -1.28. The second-order valence-corrected chi connectivity index (χ2v) is 11.2. The molecule has 1 unspecified atom stereocenters. The summed E-state index contributed by atoms with van der Waals surface area (Å²) in [4.78, 5) is 20.6. The number of hydrogen-bond acceptors (Lipinski definition) is 5. The molecule has 3 heterocycles. The van der Waals surface area contributed by atoms with E-state index in [4.69, 9.17) is 9.47 Å². The molecule has 0 bridgehead atoms. The first-order valence-corrected chi connectivity index (χ1v) is 15.3. The first-order chi connectivity index (χ1) is 21.0. The van der Waals surface area contributed by atoms with Crippen molar-refractivity contribution in [3.05, 3.63) is 114 Å². The van der Waals surface area contributed by atoms with Crippen LogP contribution in [0, 0.1) is 0 Å². The van der Waals surface area contributed by atoms with Gasteiger partial charge in [-0.1, -0.05) is 81.3 Å². The Kier molecular flexibility index (Phi) is 7.94. The number of carbonyl (C=O) groups is 1. The highest BCUT2D eigenvalue weighted by Gasteiger charge is 2.53. The van der Waals surface area contributed by atoms with E-state index in [2.05, 4.69) is 77.8 Å². The highest BCUT2D eigenvalue weighted by atomic mass is 16.6. The number of aryl methyl sites for hydroxylation is 1. The molecule has 0 N–H and O–H groups in total. The molecular formula is C37H39N3O3. The Morgan fingerprint density at radius 1 is 0.884 bits per heavy atom. The van der Waals surface area contributed by atoms with E-state index in [1.54, 1.807) is 13.3 Å². The van der Waals surface area contributed by atoms with Crippen LogP contribution in [0.2, 0.25) is 0 Å². The summed E-state index contributed by atoms with van der Waals surface area (Å²) in [5, 5.41) is 1.01. The molecule has 0 fully saturated rings. The summed E-state index contributed by atoms with van der Waals surface area (Å²) in [6.07, 6.45) is 6.14. The molecule has 1 aliphatic rings. The summed E-state index contributed by atoms with van der Waals surface area (Å²) in [7, 11) is 3.77. The van der Waals surface area contributed by atoms with Crippen LogP contribution in [-0.2, 0) is 17.4 Å². The Bertz CT molecular complexity index is 1750. The van der Waals surface area contributed by atoms with Crippen LogP contribution >= 0.6 is 0 Å². The first kappa shape index (κ1) is 28.5. The molecular weight excluding hydrogens is 534 g/mol. The highest BCUT2D eigenvalue weighted by Crippen LogP contribution is 2.54. The number of methoxy groups -OCH3 is 1. The van der Waals surface area contributed by atoms with Crippen molar-refractivity contribution in [1.82, 2.24) is 9.55 Å². The van der Waals surface area contributed by atoms with E-state index in [9.17, 15) is 4.79 Å². The average molecular weight is 574 g/mol. The van der Waals surface area contributed by atoms with Gasteiger partial charge in [-0.3, -0.25) is 0 Å². The molecule has 2 aromatic heterocycles. The number of fused-ring (bicyclic) bond motifs is 2. The van der Waals surface area contributed by atoms with Gasteiger partial charge >= 0.3 is 5.97 Å². The maximum atomic E-state index is 13.7. The zero-order valence-corrected chi connectivity index (χ0v) is 25.5. The fourth-order valence-corrected chi connectivity index (χ4v) is 6.53. The summed E-state index contributed by atoms with van der Waals surface area (Å²) >= 11 is 0. The van der Waals surface area contributed by atoms with Crippen molar-refractivity contribution in [2.24, 2.45) is 7.05 Å². The van der Waals surface area contributed by atoms with Crippen LogP contribution in [0.5, 0.6) is 5.75 Å². The van der Waals surface area contributed by atoms with E-state index >= 15 is 0 Å².